The number of ether oxygens (including phenoxy) is 1. The molecule has 0 aromatic heterocycles. The maximum Gasteiger partial charge on any atom is 1.00 e. The summed E-state index contributed by atoms with van der Waals surface area (Å²) in [5, 5.41) is 0. The SMILES string of the molecule is O=S(=O)(O)COc1ccccc1.[H-].[Na+]. The summed E-state index contributed by atoms with van der Waals surface area (Å²) in [7, 11) is -4.04. The minimum Gasteiger partial charge on any atom is -1.00 e. The van der Waals surface area contributed by atoms with Gasteiger partial charge in [-0.2, -0.15) is 8.42 Å². The van der Waals surface area contributed by atoms with Gasteiger partial charge >= 0.3 is 39.7 Å². The normalized spacial score (nSPS) is 10.2. The summed E-state index contributed by atoms with van der Waals surface area (Å²) in [5.41, 5.74) is 0. The van der Waals surface area contributed by atoms with Crippen molar-refractivity contribution < 1.29 is 48.7 Å². The third-order valence-electron chi connectivity index (χ3n) is 1.12. The molecule has 1 aromatic carbocycles. The van der Waals surface area contributed by atoms with Crippen molar-refractivity contribution in [1.82, 2.24) is 0 Å². The standard InChI is InChI=1S/C7H8O4S.Na.H/c8-12(9,10)6-11-7-4-2-1-3-5-7;;/h1-5H,6H2,(H,8,9,10);;/q;+1;-1. The van der Waals surface area contributed by atoms with E-state index in [1.807, 2.05) is 0 Å². The molecule has 4 nitrogen and oxygen atoms in total. The van der Waals surface area contributed by atoms with Crippen LogP contribution in [-0.2, 0) is 10.1 Å². The monoisotopic (exact) mass is 212 g/mol. The Hall–Kier alpha value is -0.0700. The molecule has 1 rings (SSSR count). The molecule has 0 amide bonds. The molecule has 0 spiro atoms. The van der Waals surface area contributed by atoms with Crippen LogP contribution in [0.3, 0.4) is 0 Å². The van der Waals surface area contributed by atoms with Crippen LogP contribution in [0, 0.1) is 0 Å². The van der Waals surface area contributed by atoms with E-state index in [0.29, 0.717) is 5.75 Å². The van der Waals surface area contributed by atoms with Crippen molar-refractivity contribution in [2.75, 3.05) is 5.94 Å². The maximum atomic E-state index is 10.2. The zero-order chi connectivity index (χ0) is 9.03. The first kappa shape index (κ1) is 12.9. The Balaban J connectivity index is 0. The summed E-state index contributed by atoms with van der Waals surface area (Å²) in [6.07, 6.45) is 0. The fourth-order valence-electron chi connectivity index (χ4n) is 0.659. The average molecular weight is 212 g/mol. The number of hydrogen-bond donors (Lipinski definition) is 1. The zero-order valence-electron chi connectivity index (χ0n) is 8.17. The molecular weight excluding hydrogens is 203 g/mol. The van der Waals surface area contributed by atoms with Crippen molar-refractivity contribution in [3.05, 3.63) is 30.3 Å². The number of hydrogen-bond acceptors (Lipinski definition) is 3. The van der Waals surface area contributed by atoms with Gasteiger partial charge < -0.3 is 6.16 Å². The van der Waals surface area contributed by atoms with Crippen LogP contribution >= 0.6 is 0 Å². The largest absolute Gasteiger partial charge is 1.00 e. The second-order valence-corrected chi connectivity index (χ2v) is 3.56. The van der Waals surface area contributed by atoms with Gasteiger partial charge in [-0.1, -0.05) is 18.2 Å². The van der Waals surface area contributed by atoms with Gasteiger partial charge in [-0.15, -0.1) is 0 Å². The minimum atomic E-state index is -4.04. The minimum absolute atomic E-state index is 0. The fraction of sp³-hybridized carbons (Fsp3) is 0.143. The molecule has 1 N–H and O–H groups in total. The Morgan fingerprint density at radius 3 is 2.31 bits per heavy atom. The Bertz CT molecular complexity index is 340. The molecule has 13 heavy (non-hydrogen) atoms. The van der Waals surface area contributed by atoms with Crippen LogP contribution in [0.5, 0.6) is 5.75 Å². The van der Waals surface area contributed by atoms with E-state index in [1.54, 1.807) is 30.3 Å². The van der Waals surface area contributed by atoms with Gasteiger partial charge in [0.25, 0.3) is 0 Å². The van der Waals surface area contributed by atoms with Gasteiger partial charge in [0.15, 0.2) is 0 Å². The summed E-state index contributed by atoms with van der Waals surface area (Å²) < 4.78 is 33.5. The third kappa shape index (κ3) is 6.06. The molecule has 0 aliphatic heterocycles. The van der Waals surface area contributed by atoms with Crippen LogP contribution in [-0.4, -0.2) is 18.9 Å². The van der Waals surface area contributed by atoms with Crippen molar-refractivity contribution in [3.63, 3.8) is 0 Å². The molecule has 0 saturated carbocycles. The summed E-state index contributed by atoms with van der Waals surface area (Å²) in [5.74, 6) is -0.299. The molecule has 0 radical (unpaired) electrons. The predicted octanol–water partition coefficient (Wildman–Crippen LogP) is -1.97. The van der Waals surface area contributed by atoms with Gasteiger partial charge in [-0.05, 0) is 12.1 Å². The molecular formula is C7H9NaO4S. The predicted molar refractivity (Wildman–Crippen MR) is 44.6 cm³/mol. The fourth-order valence-corrected chi connectivity index (χ4v) is 0.944. The van der Waals surface area contributed by atoms with Crippen molar-refractivity contribution in [3.8, 4) is 5.75 Å². The number of benzene rings is 1. The van der Waals surface area contributed by atoms with E-state index in [-0.39, 0.29) is 31.0 Å². The summed E-state index contributed by atoms with van der Waals surface area (Å²) in [4.78, 5) is 0. The molecule has 0 unspecified atom stereocenters. The van der Waals surface area contributed by atoms with Crippen LogP contribution in [0.1, 0.15) is 1.43 Å². The molecule has 1 aromatic rings. The first-order valence-corrected chi connectivity index (χ1v) is 4.82. The molecule has 0 saturated heterocycles. The quantitative estimate of drug-likeness (QED) is 0.466. The topological polar surface area (TPSA) is 63.6 Å². The van der Waals surface area contributed by atoms with Gasteiger partial charge in [0, 0.05) is 0 Å². The Morgan fingerprint density at radius 1 is 1.31 bits per heavy atom. The molecule has 0 bridgehead atoms. The zero-order valence-corrected chi connectivity index (χ0v) is 9.99. The Morgan fingerprint density at radius 2 is 1.85 bits per heavy atom. The maximum absolute atomic E-state index is 10.2. The molecule has 0 fully saturated rings. The van der Waals surface area contributed by atoms with Crippen molar-refractivity contribution in [2.45, 2.75) is 0 Å². The molecule has 0 atom stereocenters. The van der Waals surface area contributed by atoms with E-state index < -0.39 is 16.1 Å². The second-order valence-electron chi connectivity index (χ2n) is 2.16. The molecule has 0 aliphatic rings. The van der Waals surface area contributed by atoms with E-state index in [0.717, 1.165) is 0 Å². The van der Waals surface area contributed by atoms with Crippen molar-refractivity contribution in [1.29, 1.82) is 0 Å². The van der Waals surface area contributed by atoms with Crippen LogP contribution in [0.15, 0.2) is 30.3 Å². The van der Waals surface area contributed by atoms with Gasteiger partial charge in [-0.3, -0.25) is 4.55 Å². The summed E-state index contributed by atoms with van der Waals surface area (Å²) in [6.45, 7) is 0. The number of rotatable bonds is 3. The van der Waals surface area contributed by atoms with Crippen LogP contribution in [0.4, 0.5) is 0 Å². The van der Waals surface area contributed by atoms with Crippen molar-refractivity contribution >= 4 is 10.1 Å². The van der Waals surface area contributed by atoms with E-state index in [1.165, 1.54) is 0 Å². The van der Waals surface area contributed by atoms with Crippen molar-refractivity contribution in [2.24, 2.45) is 0 Å². The first-order valence-electron chi connectivity index (χ1n) is 3.21. The third-order valence-corrected chi connectivity index (χ3v) is 1.53. The molecule has 68 valence electrons. The second kappa shape index (κ2) is 5.62. The van der Waals surface area contributed by atoms with Gasteiger partial charge in [-0.25, -0.2) is 0 Å². The van der Waals surface area contributed by atoms with Crippen LogP contribution in [0.25, 0.3) is 0 Å². The van der Waals surface area contributed by atoms with Crippen LogP contribution in [0.2, 0.25) is 0 Å². The van der Waals surface area contributed by atoms with Crippen LogP contribution < -0.4 is 34.3 Å². The molecule has 6 heteroatoms. The first-order chi connectivity index (χ1) is 5.58. The van der Waals surface area contributed by atoms with Gasteiger partial charge in [0.1, 0.15) is 5.75 Å². The summed E-state index contributed by atoms with van der Waals surface area (Å²) >= 11 is 0. The van der Waals surface area contributed by atoms with E-state index in [2.05, 4.69) is 0 Å². The van der Waals surface area contributed by atoms with Gasteiger partial charge in [0.2, 0.25) is 5.94 Å². The Kier molecular flexibility index (Phi) is 5.59. The number of para-hydroxylation sites is 1. The molecule has 0 aliphatic carbocycles. The van der Waals surface area contributed by atoms with E-state index >= 15 is 0 Å². The Labute approximate surface area is 100 Å². The average Bonchev–Trinajstić information content (AvgIpc) is 2.02. The smallest absolute Gasteiger partial charge is 1.00 e. The van der Waals surface area contributed by atoms with E-state index in [4.69, 9.17) is 9.29 Å². The molecule has 0 heterocycles. The summed E-state index contributed by atoms with van der Waals surface area (Å²) in [6, 6.07) is 8.40. The van der Waals surface area contributed by atoms with Gasteiger partial charge in [0.05, 0.1) is 0 Å². The van der Waals surface area contributed by atoms with E-state index in [9.17, 15) is 8.42 Å².